The number of cyclic esters (lactones) is 2. The fraction of sp³-hybridized carbons (Fsp3) is 0.365. The van der Waals surface area contributed by atoms with Crippen LogP contribution >= 0.6 is 0 Å². The minimum atomic E-state index is -5.19. The van der Waals surface area contributed by atoms with Crippen molar-refractivity contribution in [1.82, 2.24) is 24.4 Å². The van der Waals surface area contributed by atoms with E-state index in [1.165, 1.54) is 19.4 Å². The van der Waals surface area contributed by atoms with Crippen LogP contribution in [-0.2, 0) is 93.3 Å². The van der Waals surface area contributed by atoms with Crippen LogP contribution in [0.5, 0.6) is 0 Å². The number of halogens is 3. The van der Waals surface area contributed by atoms with E-state index in [2.05, 4.69) is 49.0 Å². The maximum atomic E-state index is 13.9. The van der Waals surface area contributed by atoms with Crippen LogP contribution in [0.15, 0.2) is 101 Å². The maximum absolute atomic E-state index is 13.9. The molecular weight excluding hydrogens is 1180 g/mol. The first-order chi connectivity index (χ1) is 41.6. The van der Waals surface area contributed by atoms with E-state index < -0.39 is 63.4 Å². The Bertz CT molecular complexity index is 4120. The van der Waals surface area contributed by atoms with E-state index >= 15 is 0 Å². The van der Waals surface area contributed by atoms with E-state index in [4.69, 9.17) is 44.6 Å². The van der Waals surface area contributed by atoms with Crippen molar-refractivity contribution in [2.45, 2.75) is 135 Å². The average molecular weight is 1240 g/mol. The number of aryl methyl sites for hydroxylation is 2. The van der Waals surface area contributed by atoms with Crippen LogP contribution in [0.4, 0.5) is 23.7 Å². The lowest BCUT2D eigenvalue weighted by atomic mass is 9.85. The average Bonchev–Trinajstić information content (AvgIpc) is 1.47. The second kappa shape index (κ2) is 24.7. The molecule has 7 aromatic rings. The monoisotopic (exact) mass is 1240 g/mol. The van der Waals surface area contributed by atoms with Gasteiger partial charge in [0.1, 0.15) is 19.2 Å². The second-order valence-corrected chi connectivity index (χ2v) is 34.1. The van der Waals surface area contributed by atoms with Crippen molar-refractivity contribution in [3.63, 3.8) is 0 Å². The Morgan fingerprint density at radius 1 is 0.659 bits per heavy atom. The summed E-state index contributed by atoms with van der Waals surface area (Å²) in [6, 6.07) is 30.6. The molecule has 0 saturated heterocycles. The predicted octanol–water partition coefficient (Wildman–Crippen LogP) is 7.96. The molecule has 0 unspecified atom stereocenters. The summed E-state index contributed by atoms with van der Waals surface area (Å²) in [6.45, 7) is 15.5. The van der Waals surface area contributed by atoms with E-state index in [1.54, 1.807) is 35.1 Å². The van der Waals surface area contributed by atoms with E-state index in [1.807, 2.05) is 66.7 Å². The summed E-state index contributed by atoms with van der Waals surface area (Å²) in [7, 11) is -3.46. The predicted molar refractivity (Wildman–Crippen MR) is 324 cm³/mol. The number of aliphatic carboxylic acids is 1. The second-order valence-electron chi connectivity index (χ2n) is 23.7. The minimum Gasteiger partial charge on any atom is -0.542 e. The maximum Gasteiger partial charge on any atom is 0.430 e. The number of carboxylic acid groups (broad SMARTS) is 1. The molecule has 0 radical (unpaired) electrons. The Labute approximate surface area is 505 Å². The van der Waals surface area contributed by atoms with Crippen molar-refractivity contribution < 1.29 is 66.0 Å². The van der Waals surface area contributed by atoms with Gasteiger partial charge in [0.05, 0.1) is 74.2 Å². The van der Waals surface area contributed by atoms with E-state index in [0.717, 1.165) is 74.8 Å². The van der Waals surface area contributed by atoms with E-state index in [-0.39, 0.29) is 43.2 Å². The van der Waals surface area contributed by atoms with Crippen molar-refractivity contribution in [1.29, 1.82) is 0 Å². The Balaban J connectivity index is 0.000000193. The van der Waals surface area contributed by atoms with Gasteiger partial charge in [-0.1, -0.05) is 107 Å². The first kappa shape index (κ1) is 63.7. The number of benzene rings is 3. The highest BCUT2D eigenvalue weighted by Crippen LogP contribution is 2.45. The number of nitrogens with one attached hydrogen (secondary N) is 2. The van der Waals surface area contributed by atoms with Crippen molar-refractivity contribution in [2.24, 2.45) is 5.73 Å². The number of ether oxygens (including phenoxy) is 4. The summed E-state index contributed by atoms with van der Waals surface area (Å²) in [6.07, 6.45) is -1.98. The fourth-order valence-corrected chi connectivity index (χ4v) is 14.6. The van der Waals surface area contributed by atoms with E-state index in [9.17, 15) is 46.7 Å². The summed E-state index contributed by atoms with van der Waals surface area (Å²) in [4.78, 5) is 109. The van der Waals surface area contributed by atoms with Crippen LogP contribution in [0.25, 0.3) is 44.6 Å². The number of urea groups is 1. The van der Waals surface area contributed by atoms with Gasteiger partial charge in [-0.2, -0.15) is 13.2 Å². The molecule has 4 N–H and O–H groups in total. The Morgan fingerprint density at radius 2 is 1.07 bits per heavy atom. The SMILES string of the molecule is CC[C@@]1(OC(C)=O)C(=O)OCc2c1cc1n(c2=O)Cc2c-1nc1ccccc1c2CC[Si](C)(C)CN.CC[C@@]1(OC(C)=O)C(=O)OCc2c1cc1n(c2=O)Cc2c-1nc1ccccc1c2CC[Si](C)(C)CNC(=O)Nc1ccccc1.O=C([O-])C(F)(F)F. The molecule has 20 nitrogen and oxygen atoms in total. The number of rotatable bonds is 14. The molecule has 2 atom stereocenters. The normalized spacial score (nSPS) is 17.0. The molecule has 0 saturated carbocycles. The number of nitrogens with two attached hydrogens (primary N) is 1. The number of esters is 4. The summed E-state index contributed by atoms with van der Waals surface area (Å²) in [5, 5.41) is 16.8. The van der Waals surface area contributed by atoms with Gasteiger partial charge < -0.3 is 54.3 Å². The Kier molecular flexibility index (Phi) is 17.9. The zero-order valence-corrected chi connectivity index (χ0v) is 52.0. The first-order valence-corrected chi connectivity index (χ1v) is 35.6. The van der Waals surface area contributed by atoms with Gasteiger partial charge in [-0.05, 0) is 79.4 Å². The summed E-state index contributed by atoms with van der Waals surface area (Å²) >= 11 is 0. The molecule has 3 aromatic carbocycles. The van der Waals surface area contributed by atoms with Gasteiger partial charge >= 0.3 is 36.1 Å². The molecular formula is C63H67F3N7O13Si2-. The molecule has 25 heteroatoms. The number of fused-ring (bicyclic) bond motifs is 10. The zero-order valence-electron chi connectivity index (χ0n) is 50.0. The number of alkyl halides is 3. The van der Waals surface area contributed by atoms with Crippen LogP contribution in [-0.4, -0.2) is 89.6 Å². The van der Waals surface area contributed by atoms with Crippen molar-refractivity contribution >= 4 is 79.5 Å². The number of aromatic nitrogens is 4. The molecule has 0 spiro atoms. The van der Waals surface area contributed by atoms with Gasteiger partial charge in [-0.3, -0.25) is 19.2 Å². The lowest BCUT2D eigenvalue weighted by molar-refractivity contribution is -0.344. The highest BCUT2D eigenvalue weighted by atomic mass is 28.3. The van der Waals surface area contributed by atoms with Crippen LogP contribution in [0.1, 0.15) is 85.0 Å². The largest absolute Gasteiger partial charge is 0.542 e. The van der Waals surface area contributed by atoms with Gasteiger partial charge in [0.25, 0.3) is 11.1 Å². The molecule has 4 aliphatic rings. The summed E-state index contributed by atoms with van der Waals surface area (Å²) in [5.74, 6) is -5.59. The van der Waals surface area contributed by atoms with Crippen LogP contribution < -0.4 is 32.6 Å². The smallest absolute Gasteiger partial charge is 0.430 e. The number of anilines is 1. The molecule has 0 aliphatic carbocycles. The number of hydrogen-bond acceptors (Lipinski definition) is 16. The standard InChI is InChI=1S/C34H36N4O6Si.C27H31N3O5Si.C2HF3O2/c1-5-34(44-21(2)39)27-17-29-30-25(18-38(29)31(40)26(27)19-43-32(34)41)23(24-13-9-10-14-28(24)37-30)15-16-45(3,4)20-35-33(42)36-22-11-7-6-8-12-22;1-5-27(35-16(2)31)21-12-23-24-19(13-30(23)25(32)20(21)14-34-26(27)33)17(10-11-36(3,4)15-28)18-8-6-7-9-22(18)29-24;3-2(4,5)1(6)7/h6-14,17H,5,15-16,18-20H2,1-4H3,(H2,35,36,42);6-9,12H,5,10-11,13-15,28H2,1-4H3;(H,6,7)/p-1/t34-;27-;/m00./s1. The molecule has 2 amide bonds. The molecule has 0 fully saturated rings. The molecule has 88 heavy (non-hydrogen) atoms. The number of carbonyl (C=O) groups excluding carboxylic acids is 6. The molecule has 462 valence electrons. The van der Waals surface area contributed by atoms with Gasteiger partial charge in [-0.15, -0.1) is 0 Å². The van der Waals surface area contributed by atoms with Gasteiger partial charge in [0.2, 0.25) is 11.2 Å². The number of carboxylic acids is 1. The lowest BCUT2D eigenvalue weighted by Gasteiger charge is -2.35. The number of hydrogen-bond donors (Lipinski definition) is 3. The third-order valence-electron chi connectivity index (χ3n) is 16.6. The topological polar surface area (TPSA) is 282 Å². The summed E-state index contributed by atoms with van der Waals surface area (Å²) in [5.41, 5.74) is 13.0. The number of para-hydroxylation sites is 3. The van der Waals surface area contributed by atoms with Crippen LogP contribution in [0, 0.1) is 0 Å². The minimum absolute atomic E-state index is 0.127. The van der Waals surface area contributed by atoms with Gasteiger partial charge in [0.15, 0.2) is 0 Å². The Hall–Kier alpha value is -8.82. The van der Waals surface area contributed by atoms with Crippen molar-refractivity contribution in [3.05, 3.63) is 156 Å². The van der Waals surface area contributed by atoms with E-state index in [0.29, 0.717) is 64.8 Å². The fourth-order valence-electron chi connectivity index (χ4n) is 11.7. The first-order valence-electron chi connectivity index (χ1n) is 28.8. The zero-order chi connectivity index (χ0) is 63.8. The highest BCUT2D eigenvalue weighted by molar-refractivity contribution is 6.78. The highest BCUT2D eigenvalue weighted by Gasteiger charge is 2.52. The number of pyridine rings is 4. The third kappa shape index (κ3) is 12.4. The molecule has 0 bridgehead atoms. The Morgan fingerprint density at radius 3 is 1.47 bits per heavy atom. The number of carbonyl (C=O) groups is 6. The lowest BCUT2D eigenvalue weighted by Crippen LogP contribution is -2.47. The van der Waals surface area contributed by atoms with Crippen molar-refractivity contribution in [2.75, 3.05) is 17.7 Å². The quantitative estimate of drug-likeness (QED) is 0.0529. The van der Waals surface area contributed by atoms with Crippen LogP contribution in [0.2, 0.25) is 38.3 Å². The molecule has 4 aliphatic heterocycles. The van der Waals surface area contributed by atoms with Gasteiger partial charge in [0, 0.05) is 58.7 Å². The number of nitrogens with zero attached hydrogens (tertiary/aromatic N) is 4. The molecule has 11 rings (SSSR count). The summed E-state index contributed by atoms with van der Waals surface area (Å²) < 4.78 is 56.8. The van der Waals surface area contributed by atoms with Crippen LogP contribution in [0.3, 0.4) is 0 Å². The molecule has 8 heterocycles. The van der Waals surface area contributed by atoms with Gasteiger partial charge in [-0.25, -0.2) is 24.4 Å². The third-order valence-corrected chi connectivity index (χ3v) is 22.1. The number of amides is 2. The van der Waals surface area contributed by atoms with Crippen molar-refractivity contribution in [3.8, 4) is 22.8 Å². The molecule has 4 aromatic heterocycles.